The summed E-state index contributed by atoms with van der Waals surface area (Å²) in [7, 11) is 1.05. The fourth-order valence-electron chi connectivity index (χ4n) is 1.28. The number of ether oxygens (including phenoxy) is 1. The Hall–Kier alpha value is -0.780. The van der Waals surface area contributed by atoms with Gasteiger partial charge in [0.2, 0.25) is 0 Å². The Balaban J connectivity index is 4.70. The van der Waals surface area contributed by atoms with E-state index in [2.05, 4.69) is 4.74 Å². The van der Waals surface area contributed by atoms with Crippen LogP contribution in [0.2, 0.25) is 0 Å². The number of methoxy groups -OCH3 is 1. The van der Waals surface area contributed by atoms with Gasteiger partial charge in [-0.2, -0.15) is 13.2 Å². The highest BCUT2D eigenvalue weighted by Gasteiger charge is 2.45. The molecular weight excluding hydrogens is 211 g/mol. The van der Waals surface area contributed by atoms with Crippen molar-refractivity contribution in [1.29, 1.82) is 0 Å². The Morgan fingerprint density at radius 3 is 2.13 bits per heavy atom. The lowest BCUT2D eigenvalue weighted by Gasteiger charge is -2.24. The van der Waals surface area contributed by atoms with Crippen LogP contribution < -0.4 is 5.73 Å². The second kappa shape index (κ2) is 5.34. The molecule has 0 bridgehead atoms. The van der Waals surface area contributed by atoms with Crippen molar-refractivity contribution in [3.63, 3.8) is 0 Å². The van der Waals surface area contributed by atoms with Gasteiger partial charge in [0.15, 0.2) is 0 Å². The normalized spacial score (nSPS) is 16.3. The largest absolute Gasteiger partial charge is 0.469 e. The molecule has 0 rings (SSSR count). The smallest absolute Gasteiger partial charge is 0.404 e. The first kappa shape index (κ1) is 14.2. The molecule has 90 valence electrons. The van der Waals surface area contributed by atoms with E-state index < -0.39 is 24.1 Å². The van der Waals surface area contributed by atoms with Gasteiger partial charge >= 0.3 is 12.1 Å². The van der Waals surface area contributed by atoms with Crippen molar-refractivity contribution < 1.29 is 22.7 Å². The Morgan fingerprint density at radius 1 is 1.40 bits per heavy atom. The van der Waals surface area contributed by atoms with E-state index in [1.807, 2.05) is 0 Å². The summed E-state index contributed by atoms with van der Waals surface area (Å²) in [6.45, 7) is 3.44. The lowest BCUT2D eigenvalue weighted by molar-refractivity contribution is -0.175. The summed E-state index contributed by atoms with van der Waals surface area (Å²) in [5.41, 5.74) is 4.99. The molecule has 0 aliphatic carbocycles. The molecule has 0 aliphatic rings. The van der Waals surface area contributed by atoms with Crippen LogP contribution >= 0.6 is 0 Å². The van der Waals surface area contributed by atoms with Crippen molar-refractivity contribution in [3.8, 4) is 0 Å². The fraction of sp³-hybridized carbons (Fsp3) is 0.889. The number of hydrogen-bond donors (Lipinski definition) is 1. The van der Waals surface area contributed by atoms with Crippen LogP contribution in [-0.2, 0) is 9.53 Å². The maximum absolute atomic E-state index is 12.3. The SMILES string of the molecule is COC(=O)[C@H](CC(C)C)[C@@H](N)C(F)(F)F. The number of rotatable bonds is 4. The van der Waals surface area contributed by atoms with Crippen LogP contribution in [0.25, 0.3) is 0 Å². The van der Waals surface area contributed by atoms with Gasteiger partial charge in [-0.15, -0.1) is 0 Å². The molecule has 3 nitrogen and oxygen atoms in total. The number of nitrogens with two attached hydrogens (primary N) is 1. The molecule has 0 saturated heterocycles. The molecule has 0 fully saturated rings. The molecule has 0 aromatic heterocycles. The number of carbonyl (C=O) groups is 1. The van der Waals surface area contributed by atoms with Crippen molar-refractivity contribution in [2.45, 2.75) is 32.5 Å². The van der Waals surface area contributed by atoms with Gasteiger partial charge in [-0.25, -0.2) is 0 Å². The van der Waals surface area contributed by atoms with Crippen molar-refractivity contribution >= 4 is 5.97 Å². The standard InChI is InChI=1S/C9H16F3NO2/c1-5(2)4-6(8(14)15-3)7(13)9(10,11)12/h5-7H,4,13H2,1-3H3/t6-,7-/m1/s1. The van der Waals surface area contributed by atoms with Crippen LogP contribution in [0.3, 0.4) is 0 Å². The van der Waals surface area contributed by atoms with Crippen LogP contribution in [0, 0.1) is 11.8 Å². The minimum Gasteiger partial charge on any atom is -0.469 e. The molecule has 2 N–H and O–H groups in total. The quantitative estimate of drug-likeness (QED) is 0.744. The zero-order chi connectivity index (χ0) is 12.2. The zero-order valence-electron chi connectivity index (χ0n) is 8.97. The van der Waals surface area contributed by atoms with Gasteiger partial charge in [0, 0.05) is 0 Å². The summed E-state index contributed by atoms with van der Waals surface area (Å²) in [6, 6.07) is -2.16. The monoisotopic (exact) mass is 227 g/mol. The third kappa shape index (κ3) is 4.51. The molecular formula is C9H16F3NO2. The summed E-state index contributed by atoms with van der Waals surface area (Å²) in [5, 5.41) is 0. The van der Waals surface area contributed by atoms with Gasteiger partial charge in [-0.05, 0) is 12.3 Å². The first-order chi connectivity index (χ1) is 6.70. The van der Waals surface area contributed by atoms with E-state index in [1.54, 1.807) is 13.8 Å². The predicted molar refractivity (Wildman–Crippen MR) is 49.0 cm³/mol. The minimum atomic E-state index is -4.58. The van der Waals surface area contributed by atoms with Crippen molar-refractivity contribution in [3.05, 3.63) is 0 Å². The molecule has 2 atom stereocenters. The molecule has 0 radical (unpaired) electrons. The zero-order valence-corrected chi connectivity index (χ0v) is 8.97. The highest BCUT2D eigenvalue weighted by atomic mass is 19.4. The first-order valence-corrected chi connectivity index (χ1v) is 4.60. The fourth-order valence-corrected chi connectivity index (χ4v) is 1.28. The minimum absolute atomic E-state index is 0.0532. The molecule has 15 heavy (non-hydrogen) atoms. The molecule has 0 aromatic carbocycles. The molecule has 0 aromatic rings. The Bertz CT molecular complexity index is 216. The second-order valence-electron chi connectivity index (χ2n) is 3.83. The summed E-state index contributed by atoms with van der Waals surface area (Å²) < 4.78 is 41.3. The van der Waals surface area contributed by atoms with E-state index in [0.29, 0.717) is 0 Å². The van der Waals surface area contributed by atoms with Gasteiger partial charge in [0.1, 0.15) is 6.04 Å². The van der Waals surface area contributed by atoms with E-state index >= 15 is 0 Å². The summed E-state index contributed by atoms with van der Waals surface area (Å²) in [5.74, 6) is -2.29. The van der Waals surface area contributed by atoms with Gasteiger partial charge in [-0.1, -0.05) is 13.8 Å². The number of halogens is 3. The average molecular weight is 227 g/mol. The lowest BCUT2D eigenvalue weighted by atomic mass is 9.90. The molecule has 0 amide bonds. The Kier molecular flexibility index (Phi) is 5.07. The van der Waals surface area contributed by atoms with Gasteiger partial charge < -0.3 is 10.5 Å². The second-order valence-corrected chi connectivity index (χ2v) is 3.83. The van der Waals surface area contributed by atoms with Gasteiger partial charge in [0.05, 0.1) is 13.0 Å². The number of esters is 1. The van der Waals surface area contributed by atoms with Gasteiger partial charge in [0.25, 0.3) is 0 Å². The van der Waals surface area contributed by atoms with E-state index in [-0.39, 0.29) is 12.3 Å². The van der Waals surface area contributed by atoms with Crippen LogP contribution in [0.5, 0.6) is 0 Å². The third-order valence-corrected chi connectivity index (χ3v) is 2.04. The Morgan fingerprint density at radius 2 is 1.87 bits per heavy atom. The average Bonchev–Trinajstić information content (AvgIpc) is 2.10. The first-order valence-electron chi connectivity index (χ1n) is 4.60. The van der Waals surface area contributed by atoms with E-state index in [0.717, 1.165) is 7.11 Å². The van der Waals surface area contributed by atoms with E-state index in [1.165, 1.54) is 0 Å². The predicted octanol–water partition coefficient (Wildman–Crippen LogP) is 1.71. The van der Waals surface area contributed by atoms with Gasteiger partial charge in [-0.3, -0.25) is 4.79 Å². The highest BCUT2D eigenvalue weighted by Crippen LogP contribution is 2.28. The van der Waals surface area contributed by atoms with Crippen LogP contribution in [0.4, 0.5) is 13.2 Å². The maximum Gasteiger partial charge on any atom is 0.404 e. The summed E-state index contributed by atoms with van der Waals surface area (Å²) in [6.07, 6.45) is -4.51. The van der Waals surface area contributed by atoms with Crippen molar-refractivity contribution in [2.24, 2.45) is 17.6 Å². The van der Waals surface area contributed by atoms with E-state index in [4.69, 9.17) is 5.73 Å². The molecule has 0 heterocycles. The van der Waals surface area contributed by atoms with Crippen LogP contribution in [0.1, 0.15) is 20.3 Å². The number of hydrogen-bond acceptors (Lipinski definition) is 3. The van der Waals surface area contributed by atoms with Crippen LogP contribution in [-0.4, -0.2) is 25.3 Å². The Labute approximate surface area is 86.8 Å². The van der Waals surface area contributed by atoms with E-state index in [9.17, 15) is 18.0 Å². The third-order valence-electron chi connectivity index (χ3n) is 2.04. The molecule has 6 heteroatoms. The van der Waals surface area contributed by atoms with Crippen molar-refractivity contribution in [2.75, 3.05) is 7.11 Å². The summed E-state index contributed by atoms with van der Waals surface area (Å²) >= 11 is 0. The van der Waals surface area contributed by atoms with Crippen LogP contribution in [0.15, 0.2) is 0 Å². The molecule has 0 spiro atoms. The maximum atomic E-state index is 12.3. The number of carbonyl (C=O) groups excluding carboxylic acids is 1. The summed E-state index contributed by atoms with van der Waals surface area (Å²) in [4.78, 5) is 11.1. The highest BCUT2D eigenvalue weighted by molar-refractivity contribution is 5.73. The number of alkyl halides is 3. The molecule has 0 aliphatic heterocycles. The molecule has 0 unspecified atom stereocenters. The van der Waals surface area contributed by atoms with Crippen molar-refractivity contribution in [1.82, 2.24) is 0 Å². The topological polar surface area (TPSA) is 52.3 Å². The lowest BCUT2D eigenvalue weighted by Crippen LogP contribution is -2.47. The molecule has 0 saturated carbocycles.